The molecule has 0 spiro atoms. The van der Waals surface area contributed by atoms with Crippen molar-refractivity contribution >= 4 is 22.9 Å². The van der Waals surface area contributed by atoms with E-state index in [1.54, 1.807) is 0 Å². The number of amides is 1. The number of hydrogen-bond acceptors (Lipinski definition) is 3. The van der Waals surface area contributed by atoms with Crippen LogP contribution in [0.25, 0.3) is 0 Å². The smallest absolute Gasteiger partial charge is 0.238 e. The third-order valence-corrected chi connectivity index (χ3v) is 5.39. The Morgan fingerprint density at radius 2 is 2.09 bits per heavy atom. The summed E-state index contributed by atoms with van der Waals surface area (Å²) in [5.41, 5.74) is 3.55. The molecule has 3 rings (SSSR count). The quantitative estimate of drug-likeness (QED) is 0.929. The summed E-state index contributed by atoms with van der Waals surface area (Å²) in [6.45, 7) is 5.72. The van der Waals surface area contributed by atoms with E-state index in [2.05, 4.69) is 47.6 Å². The van der Waals surface area contributed by atoms with E-state index in [0.29, 0.717) is 12.6 Å². The molecule has 1 aromatic carbocycles. The van der Waals surface area contributed by atoms with Crippen molar-refractivity contribution in [1.82, 2.24) is 4.90 Å². The Morgan fingerprint density at radius 3 is 2.82 bits per heavy atom. The van der Waals surface area contributed by atoms with Crippen LogP contribution in [0.15, 0.2) is 35.7 Å². The van der Waals surface area contributed by atoms with Crippen molar-refractivity contribution in [2.24, 2.45) is 0 Å². The Kier molecular flexibility index (Phi) is 4.60. The molecule has 22 heavy (non-hydrogen) atoms. The lowest BCUT2D eigenvalue weighted by Gasteiger charge is -2.32. The lowest BCUT2D eigenvalue weighted by atomic mass is 10.0. The van der Waals surface area contributed by atoms with E-state index in [9.17, 15) is 4.79 Å². The average molecular weight is 314 g/mol. The highest BCUT2D eigenvalue weighted by Gasteiger charge is 2.25. The van der Waals surface area contributed by atoms with Gasteiger partial charge in [0.05, 0.1) is 6.54 Å². The molecule has 0 bridgehead atoms. The summed E-state index contributed by atoms with van der Waals surface area (Å²) < 4.78 is 0. The highest BCUT2D eigenvalue weighted by molar-refractivity contribution is 7.10. The average Bonchev–Trinajstić information content (AvgIpc) is 3.00. The summed E-state index contributed by atoms with van der Waals surface area (Å²) in [7, 11) is 0. The third-order valence-electron chi connectivity index (χ3n) is 4.40. The Bertz CT molecular complexity index is 647. The topological polar surface area (TPSA) is 32.3 Å². The zero-order valence-corrected chi connectivity index (χ0v) is 14.0. The number of benzene rings is 1. The van der Waals surface area contributed by atoms with Crippen molar-refractivity contribution in [1.29, 1.82) is 0 Å². The van der Waals surface area contributed by atoms with Crippen molar-refractivity contribution in [3.63, 3.8) is 0 Å². The second-order valence-electron chi connectivity index (χ2n) is 5.79. The number of nitrogens with zero attached hydrogens (tertiary/aromatic N) is 1. The van der Waals surface area contributed by atoms with Gasteiger partial charge in [-0.15, -0.1) is 11.3 Å². The van der Waals surface area contributed by atoms with Gasteiger partial charge in [0, 0.05) is 23.2 Å². The van der Waals surface area contributed by atoms with Crippen LogP contribution in [0.5, 0.6) is 0 Å². The van der Waals surface area contributed by atoms with Crippen molar-refractivity contribution < 1.29 is 4.79 Å². The van der Waals surface area contributed by atoms with Gasteiger partial charge in [-0.2, -0.15) is 0 Å². The van der Waals surface area contributed by atoms with Gasteiger partial charge in [0.15, 0.2) is 0 Å². The molecular weight excluding hydrogens is 292 g/mol. The van der Waals surface area contributed by atoms with Crippen LogP contribution >= 0.6 is 11.3 Å². The van der Waals surface area contributed by atoms with Crippen LogP contribution in [-0.4, -0.2) is 23.9 Å². The second-order valence-corrected chi connectivity index (χ2v) is 6.79. The highest BCUT2D eigenvalue weighted by atomic mass is 32.1. The Morgan fingerprint density at radius 1 is 1.32 bits per heavy atom. The first-order chi connectivity index (χ1) is 10.7. The summed E-state index contributed by atoms with van der Waals surface area (Å²) in [4.78, 5) is 16.0. The zero-order valence-electron chi connectivity index (χ0n) is 13.1. The van der Waals surface area contributed by atoms with Gasteiger partial charge in [0.1, 0.15) is 0 Å². The van der Waals surface area contributed by atoms with Gasteiger partial charge >= 0.3 is 0 Å². The highest BCUT2D eigenvalue weighted by Crippen LogP contribution is 2.32. The first-order valence-electron chi connectivity index (χ1n) is 7.86. The van der Waals surface area contributed by atoms with Crippen LogP contribution in [0, 0.1) is 0 Å². The molecule has 0 saturated carbocycles. The van der Waals surface area contributed by atoms with Crippen LogP contribution in [0.1, 0.15) is 35.9 Å². The molecule has 0 saturated heterocycles. The first-order valence-corrected chi connectivity index (χ1v) is 8.74. The van der Waals surface area contributed by atoms with Crippen LogP contribution in [0.4, 0.5) is 5.69 Å². The maximum absolute atomic E-state index is 12.3. The summed E-state index contributed by atoms with van der Waals surface area (Å²) in [5, 5.41) is 5.15. The van der Waals surface area contributed by atoms with Crippen molar-refractivity contribution in [2.45, 2.75) is 32.7 Å². The van der Waals surface area contributed by atoms with E-state index >= 15 is 0 Å². The monoisotopic (exact) mass is 314 g/mol. The first kappa shape index (κ1) is 15.3. The molecular formula is C18H22N2OS. The van der Waals surface area contributed by atoms with Crippen LogP contribution < -0.4 is 5.32 Å². The number of fused-ring (bicyclic) bond motifs is 1. The second kappa shape index (κ2) is 6.63. The Balaban J connectivity index is 1.60. The van der Waals surface area contributed by atoms with Gasteiger partial charge in [0.2, 0.25) is 5.91 Å². The predicted octanol–water partition coefficient (Wildman–Crippen LogP) is 3.87. The molecule has 2 aromatic rings. The maximum atomic E-state index is 12.3. The fourth-order valence-corrected chi connectivity index (χ4v) is 3.95. The van der Waals surface area contributed by atoms with Crippen LogP contribution in [-0.2, 0) is 17.6 Å². The molecule has 1 aliphatic heterocycles. The number of thiophene rings is 1. The molecule has 1 unspecified atom stereocenters. The lowest BCUT2D eigenvalue weighted by molar-refractivity contribution is -0.117. The minimum absolute atomic E-state index is 0.0646. The van der Waals surface area contributed by atoms with E-state index in [1.807, 2.05) is 23.5 Å². The summed E-state index contributed by atoms with van der Waals surface area (Å²) in [6.07, 6.45) is 2.07. The van der Waals surface area contributed by atoms with Crippen molar-refractivity contribution in [2.75, 3.05) is 18.4 Å². The largest absolute Gasteiger partial charge is 0.325 e. The molecule has 0 aliphatic carbocycles. The van der Waals surface area contributed by atoms with Gasteiger partial charge in [-0.25, -0.2) is 0 Å². The molecule has 0 radical (unpaired) electrons. The molecule has 116 valence electrons. The zero-order chi connectivity index (χ0) is 15.5. The molecule has 1 amide bonds. The number of anilines is 1. The summed E-state index contributed by atoms with van der Waals surface area (Å²) in [6, 6.07) is 10.6. The molecule has 1 aromatic heterocycles. The minimum atomic E-state index is 0.0646. The number of rotatable bonds is 4. The fraction of sp³-hybridized carbons (Fsp3) is 0.389. The van der Waals surface area contributed by atoms with Gasteiger partial charge in [-0.05, 0) is 54.5 Å². The molecule has 1 N–H and O–H groups in total. The fourth-order valence-electron chi connectivity index (χ4n) is 2.99. The van der Waals surface area contributed by atoms with Crippen LogP contribution in [0.2, 0.25) is 0 Å². The molecule has 0 fully saturated rings. The van der Waals surface area contributed by atoms with Gasteiger partial charge in [0.25, 0.3) is 0 Å². The third kappa shape index (κ3) is 3.23. The number of hydrogen-bond donors (Lipinski definition) is 1. The number of carbonyl (C=O) groups is 1. The van der Waals surface area contributed by atoms with Crippen molar-refractivity contribution in [3.8, 4) is 0 Å². The Labute approximate surface area is 136 Å². The van der Waals surface area contributed by atoms with E-state index in [1.165, 1.54) is 16.0 Å². The maximum Gasteiger partial charge on any atom is 0.238 e. The standard InChI is InChI=1S/C18H22N2OS/c1-3-14-4-6-15(7-5-14)19-18(21)12-20-10-8-17-16(13(20)2)9-11-22-17/h4-7,9,11,13H,3,8,10,12H2,1-2H3,(H,19,21). The van der Waals surface area contributed by atoms with Gasteiger partial charge < -0.3 is 5.32 Å². The molecule has 3 nitrogen and oxygen atoms in total. The molecule has 1 aliphatic rings. The van der Waals surface area contributed by atoms with E-state index in [4.69, 9.17) is 0 Å². The Hall–Kier alpha value is -1.65. The molecule has 2 heterocycles. The number of nitrogens with one attached hydrogen (secondary N) is 1. The summed E-state index contributed by atoms with van der Waals surface area (Å²) in [5.74, 6) is 0.0646. The van der Waals surface area contributed by atoms with Gasteiger partial charge in [-0.3, -0.25) is 9.69 Å². The number of carbonyl (C=O) groups excluding carboxylic acids is 1. The van der Waals surface area contributed by atoms with Gasteiger partial charge in [-0.1, -0.05) is 19.1 Å². The predicted molar refractivity (Wildman–Crippen MR) is 92.5 cm³/mol. The van der Waals surface area contributed by atoms with E-state index < -0.39 is 0 Å². The lowest BCUT2D eigenvalue weighted by Crippen LogP contribution is -2.39. The molecule has 4 heteroatoms. The van der Waals surface area contributed by atoms with E-state index in [0.717, 1.165) is 25.1 Å². The minimum Gasteiger partial charge on any atom is -0.325 e. The molecule has 1 atom stereocenters. The van der Waals surface area contributed by atoms with Crippen molar-refractivity contribution in [3.05, 3.63) is 51.7 Å². The van der Waals surface area contributed by atoms with Crippen LogP contribution in [0.3, 0.4) is 0 Å². The van der Waals surface area contributed by atoms with E-state index in [-0.39, 0.29) is 5.91 Å². The summed E-state index contributed by atoms with van der Waals surface area (Å²) >= 11 is 1.83. The number of aryl methyl sites for hydroxylation is 1. The normalized spacial score (nSPS) is 18.0. The SMILES string of the molecule is CCc1ccc(NC(=O)CN2CCc3sccc3C2C)cc1.